The molecule has 1 aliphatic rings. The van der Waals surface area contributed by atoms with Crippen molar-refractivity contribution >= 4 is 5.82 Å². The van der Waals surface area contributed by atoms with E-state index >= 15 is 0 Å². The summed E-state index contributed by atoms with van der Waals surface area (Å²) in [5.74, 6) is 6.67. The number of hydrogen-bond acceptors (Lipinski definition) is 7. The van der Waals surface area contributed by atoms with Gasteiger partial charge in [-0.1, -0.05) is 24.0 Å². The standard InChI is InChI=1S/C26H32N6O2/c1-19-16-30(4)10-11-31(19)32-17-23(15-29-32)22-13-24(25(27)28-14-22)34-18-21-7-5-6-20(12-21)8-9-26(2,3)33/h5-7,12-15,17,19,33H,10-11,16,18H2,1-4H3,(H2,27,28). The van der Waals surface area contributed by atoms with Gasteiger partial charge in [-0.2, -0.15) is 9.89 Å². The molecule has 0 bridgehead atoms. The van der Waals surface area contributed by atoms with Crippen LogP contribution in [0.4, 0.5) is 5.82 Å². The fourth-order valence-electron chi connectivity index (χ4n) is 3.89. The van der Waals surface area contributed by atoms with Crippen molar-refractivity contribution in [3.05, 3.63) is 60.0 Å². The number of aliphatic hydroxyl groups is 1. The lowest BCUT2D eigenvalue weighted by Crippen LogP contribution is -2.55. The Balaban J connectivity index is 1.47. The van der Waals surface area contributed by atoms with Gasteiger partial charge in [0.1, 0.15) is 12.2 Å². The Morgan fingerprint density at radius 1 is 1.21 bits per heavy atom. The number of nitrogens with zero attached hydrogens (tertiary/aromatic N) is 5. The quantitative estimate of drug-likeness (QED) is 0.565. The molecule has 0 spiro atoms. The lowest BCUT2D eigenvalue weighted by atomic mass is 10.1. The number of nitrogens with two attached hydrogens (primary N) is 1. The minimum atomic E-state index is -1.04. The van der Waals surface area contributed by atoms with Crippen LogP contribution in [-0.4, -0.2) is 63.2 Å². The molecule has 8 nitrogen and oxygen atoms in total. The zero-order chi connectivity index (χ0) is 24.3. The molecule has 1 unspecified atom stereocenters. The maximum Gasteiger partial charge on any atom is 0.166 e. The van der Waals surface area contributed by atoms with E-state index in [0.29, 0.717) is 24.2 Å². The topological polar surface area (TPSA) is 92.7 Å². The van der Waals surface area contributed by atoms with Gasteiger partial charge < -0.3 is 20.5 Å². The summed E-state index contributed by atoms with van der Waals surface area (Å²) in [6.07, 6.45) is 5.60. The van der Waals surface area contributed by atoms with E-state index in [9.17, 15) is 5.11 Å². The third-order valence-corrected chi connectivity index (χ3v) is 5.68. The first-order chi connectivity index (χ1) is 16.2. The van der Waals surface area contributed by atoms with Gasteiger partial charge in [0.15, 0.2) is 11.6 Å². The molecule has 3 aromatic rings. The summed E-state index contributed by atoms with van der Waals surface area (Å²) in [5, 5.41) is 16.7. The molecule has 1 fully saturated rings. The van der Waals surface area contributed by atoms with E-state index in [4.69, 9.17) is 10.5 Å². The summed E-state index contributed by atoms with van der Waals surface area (Å²) in [5.41, 5.74) is 8.66. The molecular weight excluding hydrogens is 428 g/mol. The van der Waals surface area contributed by atoms with Gasteiger partial charge >= 0.3 is 0 Å². The summed E-state index contributed by atoms with van der Waals surface area (Å²) in [7, 11) is 2.14. The molecule has 1 saturated heterocycles. The van der Waals surface area contributed by atoms with E-state index in [1.807, 2.05) is 47.5 Å². The molecular formula is C26H32N6O2. The fraction of sp³-hybridized carbons (Fsp3) is 0.385. The Morgan fingerprint density at radius 3 is 2.79 bits per heavy atom. The average Bonchev–Trinajstić information content (AvgIpc) is 3.27. The van der Waals surface area contributed by atoms with Gasteiger partial charge in [0.25, 0.3) is 0 Å². The van der Waals surface area contributed by atoms with Crippen LogP contribution in [-0.2, 0) is 6.61 Å². The second-order valence-corrected chi connectivity index (χ2v) is 9.33. The number of piperazine rings is 1. The summed E-state index contributed by atoms with van der Waals surface area (Å²) in [4.78, 5) is 8.58. The lowest BCUT2D eigenvalue weighted by molar-refractivity contribution is 0.143. The maximum absolute atomic E-state index is 9.82. The molecule has 0 radical (unpaired) electrons. The van der Waals surface area contributed by atoms with Gasteiger partial charge in [0.05, 0.1) is 18.4 Å². The summed E-state index contributed by atoms with van der Waals surface area (Å²) >= 11 is 0. The van der Waals surface area contributed by atoms with E-state index in [1.165, 1.54) is 0 Å². The van der Waals surface area contributed by atoms with E-state index in [2.05, 4.69) is 45.8 Å². The molecule has 3 heterocycles. The van der Waals surface area contributed by atoms with Gasteiger partial charge in [-0.25, -0.2) is 4.98 Å². The van der Waals surface area contributed by atoms with E-state index in [0.717, 1.165) is 41.9 Å². The number of rotatable bonds is 5. The van der Waals surface area contributed by atoms with Crippen LogP contribution in [0.2, 0.25) is 0 Å². The molecule has 178 valence electrons. The van der Waals surface area contributed by atoms with Crippen molar-refractivity contribution in [2.75, 3.05) is 37.4 Å². The zero-order valence-electron chi connectivity index (χ0n) is 20.2. The summed E-state index contributed by atoms with van der Waals surface area (Å²) in [6.45, 7) is 8.78. The second-order valence-electron chi connectivity index (χ2n) is 9.33. The van der Waals surface area contributed by atoms with Crippen molar-refractivity contribution in [1.82, 2.24) is 19.8 Å². The van der Waals surface area contributed by atoms with Crippen molar-refractivity contribution < 1.29 is 9.84 Å². The van der Waals surface area contributed by atoms with E-state index < -0.39 is 5.60 Å². The molecule has 1 atom stereocenters. The molecule has 4 rings (SSSR count). The first-order valence-corrected chi connectivity index (χ1v) is 11.4. The van der Waals surface area contributed by atoms with Crippen molar-refractivity contribution in [3.8, 4) is 28.7 Å². The fourth-order valence-corrected chi connectivity index (χ4v) is 3.89. The van der Waals surface area contributed by atoms with Gasteiger partial charge in [-0.3, -0.25) is 5.01 Å². The van der Waals surface area contributed by atoms with Gasteiger partial charge in [-0.05, 0) is 51.6 Å². The van der Waals surface area contributed by atoms with Gasteiger partial charge in [0.2, 0.25) is 0 Å². The number of anilines is 1. The highest BCUT2D eigenvalue weighted by molar-refractivity contribution is 5.65. The highest BCUT2D eigenvalue weighted by atomic mass is 16.5. The molecule has 2 aromatic heterocycles. The molecule has 0 amide bonds. The highest BCUT2D eigenvalue weighted by Crippen LogP contribution is 2.28. The Hall–Kier alpha value is -3.54. The number of benzene rings is 1. The largest absolute Gasteiger partial charge is 0.485 e. The molecule has 1 aliphatic heterocycles. The Labute approximate surface area is 200 Å². The van der Waals surface area contributed by atoms with Crippen LogP contribution in [0.25, 0.3) is 11.1 Å². The molecule has 34 heavy (non-hydrogen) atoms. The maximum atomic E-state index is 9.82. The number of likely N-dealkylation sites (N-methyl/N-ethyl adjacent to an activating group) is 1. The van der Waals surface area contributed by atoms with Crippen molar-refractivity contribution in [2.45, 2.75) is 39.0 Å². The van der Waals surface area contributed by atoms with Gasteiger partial charge in [-0.15, -0.1) is 0 Å². The summed E-state index contributed by atoms with van der Waals surface area (Å²) in [6, 6.07) is 9.99. The van der Waals surface area contributed by atoms with Crippen LogP contribution < -0.4 is 15.5 Å². The number of ether oxygens (including phenoxy) is 1. The number of nitrogen functional groups attached to an aromatic ring is 1. The minimum Gasteiger partial charge on any atom is -0.485 e. The SMILES string of the molecule is CC1CN(C)CCN1n1cc(-c2cnc(N)c(OCc3cccc(C#CC(C)(C)O)c3)c2)cn1. The van der Waals surface area contributed by atoms with Crippen LogP contribution >= 0.6 is 0 Å². The minimum absolute atomic E-state index is 0.325. The molecule has 8 heteroatoms. The first kappa shape index (κ1) is 23.6. The average molecular weight is 461 g/mol. The molecule has 0 aliphatic carbocycles. The third kappa shape index (κ3) is 5.87. The highest BCUT2D eigenvalue weighted by Gasteiger charge is 2.22. The molecule has 3 N–H and O–H groups in total. The van der Waals surface area contributed by atoms with E-state index in [-0.39, 0.29) is 0 Å². The molecule has 1 aromatic carbocycles. The lowest BCUT2D eigenvalue weighted by Gasteiger charge is -2.39. The Kier molecular flexibility index (Phi) is 6.77. The number of pyridine rings is 1. The number of aromatic nitrogens is 3. The van der Waals surface area contributed by atoms with Crippen LogP contribution in [0.15, 0.2) is 48.9 Å². The third-order valence-electron chi connectivity index (χ3n) is 5.68. The normalized spacial score (nSPS) is 16.7. The van der Waals surface area contributed by atoms with E-state index in [1.54, 1.807) is 20.0 Å². The zero-order valence-corrected chi connectivity index (χ0v) is 20.2. The Morgan fingerprint density at radius 2 is 2.03 bits per heavy atom. The molecule has 0 saturated carbocycles. The van der Waals surface area contributed by atoms with Crippen molar-refractivity contribution in [1.29, 1.82) is 0 Å². The predicted molar refractivity (Wildman–Crippen MR) is 134 cm³/mol. The smallest absolute Gasteiger partial charge is 0.166 e. The van der Waals surface area contributed by atoms with Gasteiger partial charge in [0, 0.05) is 42.5 Å². The first-order valence-electron chi connectivity index (χ1n) is 11.4. The Bertz CT molecular complexity index is 1200. The van der Waals surface area contributed by atoms with Crippen molar-refractivity contribution in [2.24, 2.45) is 0 Å². The number of hydrogen-bond donors (Lipinski definition) is 2. The predicted octanol–water partition coefficient (Wildman–Crippen LogP) is 2.50. The van der Waals surface area contributed by atoms with Crippen LogP contribution in [0.5, 0.6) is 5.75 Å². The van der Waals surface area contributed by atoms with Crippen LogP contribution in [0, 0.1) is 11.8 Å². The monoisotopic (exact) mass is 460 g/mol. The summed E-state index contributed by atoms with van der Waals surface area (Å²) < 4.78 is 6.01. The van der Waals surface area contributed by atoms with Crippen molar-refractivity contribution in [3.63, 3.8) is 0 Å². The van der Waals surface area contributed by atoms with Crippen LogP contribution in [0.3, 0.4) is 0 Å². The second kappa shape index (κ2) is 9.75. The van der Waals surface area contributed by atoms with Crippen LogP contribution in [0.1, 0.15) is 31.9 Å².